The Bertz CT molecular complexity index is 431. The lowest BCUT2D eigenvalue weighted by Gasteiger charge is -2.22. The maximum absolute atomic E-state index is 11.6. The summed E-state index contributed by atoms with van der Waals surface area (Å²) in [6.45, 7) is 0.711. The Morgan fingerprint density at radius 3 is 2.88 bits per heavy atom. The second kappa shape index (κ2) is 4.34. The van der Waals surface area contributed by atoms with Gasteiger partial charge in [-0.25, -0.2) is 0 Å². The standard InChI is InChI=1S/C12H14ClNO2/c1-14-6-5-8(15)7-9-10(13)3-4-11(16-2)12(9)14/h3-4H,5-7H2,1-2H3. The number of rotatable bonds is 1. The van der Waals surface area contributed by atoms with Crippen LogP contribution in [0.25, 0.3) is 0 Å². The predicted octanol–water partition coefficient (Wildman–Crippen LogP) is 2.30. The first kappa shape index (κ1) is 11.3. The van der Waals surface area contributed by atoms with E-state index in [1.165, 1.54) is 0 Å². The number of ether oxygens (including phenoxy) is 1. The molecular formula is C12H14ClNO2. The van der Waals surface area contributed by atoms with Crippen molar-refractivity contribution in [3.63, 3.8) is 0 Å². The van der Waals surface area contributed by atoms with Gasteiger partial charge in [-0.2, -0.15) is 0 Å². The molecule has 0 fully saturated rings. The average Bonchev–Trinajstić information content (AvgIpc) is 2.42. The minimum Gasteiger partial charge on any atom is -0.495 e. The minimum atomic E-state index is 0.223. The first-order valence-corrected chi connectivity index (χ1v) is 5.59. The Kier molecular flexibility index (Phi) is 3.06. The van der Waals surface area contributed by atoms with E-state index >= 15 is 0 Å². The Balaban J connectivity index is 2.60. The molecule has 4 heteroatoms. The second-order valence-electron chi connectivity index (χ2n) is 3.96. The number of benzene rings is 1. The lowest BCUT2D eigenvalue weighted by molar-refractivity contribution is -0.118. The Morgan fingerprint density at radius 2 is 2.19 bits per heavy atom. The van der Waals surface area contributed by atoms with Crippen LogP contribution in [0.1, 0.15) is 12.0 Å². The highest BCUT2D eigenvalue weighted by molar-refractivity contribution is 6.32. The molecule has 2 rings (SSSR count). The summed E-state index contributed by atoms with van der Waals surface area (Å²) >= 11 is 6.14. The molecule has 1 aromatic rings. The van der Waals surface area contributed by atoms with Gasteiger partial charge in [-0.05, 0) is 12.1 Å². The molecule has 3 nitrogen and oxygen atoms in total. The summed E-state index contributed by atoms with van der Waals surface area (Å²) in [4.78, 5) is 13.6. The van der Waals surface area contributed by atoms with Gasteiger partial charge in [0.05, 0.1) is 12.8 Å². The van der Waals surface area contributed by atoms with Crippen LogP contribution >= 0.6 is 11.6 Å². The first-order chi connectivity index (χ1) is 7.63. The van der Waals surface area contributed by atoms with Crippen molar-refractivity contribution < 1.29 is 9.53 Å². The van der Waals surface area contributed by atoms with Gasteiger partial charge in [0.1, 0.15) is 11.5 Å². The van der Waals surface area contributed by atoms with E-state index in [0.717, 1.165) is 17.0 Å². The molecule has 0 bridgehead atoms. The quantitative estimate of drug-likeness (QED) is 0.753. The van der Waals surface area contributed by atoms with E-state index in [4.69, 9.17) is 16.3 Å². The van der Waals surface area contributed by atoms with Crippen LogP contribution in [-0.4, -0.2) is 26.5 Å². The van der Waals surface area contributed by atoms with Crippen molar-refractivity contribution in [1.82, 2.24) is 0 Å². The van der Waals surface area contributed by atoms with Gasteiger partial charge in [-0.15, -0.1) is 0 Å². The fraction of sp³-hybridized carbons (Fsp3) is 0.417. The lowest BCUT2D eigenvalue weighted by atomic mass is 10.1. The van der Waals surface area contributed by atoms with Gasteiger partial charge in [-0.1, -0.05) is 11.6 Å². The zero-order chi connectivity index (χ0) is 11.7. The van der Waals surface area contributed by atoms with E-state index in [1.807, 2.05) is 18.0 Å². The van der Waals surface area contributed by atoms with E-state index in [2.05, 4.69) is 0 Å². The number of fused-ring (bicyclic) bond motifs is 1. The average molecular weight is 240 g/mol. The summed E-state index contributed by atoms with van der Waals surface area (Å²) < 4.78 is 5.32. The largest absolute Gasteiger partial charge is 0.495 e. The van der Waals surface area contributed by atoms with Crippen molar-refractivity contribution in [3.05, 3.63) is 22.7 Å². The lowest BCUT2D eigenvalue weighted by Crippen LogP contribution is -2.19. The number of nitrogens with zero attached hydrogens (tertiary/aromatic N) is 1. The molecule has 0 N–H and O–H groups in total. The van der Waals surface area contributed by atoms with Gasteiger partial charge < -0.3 is 9.64 Å². The van der Waals surface area contributed by atoms with Crippen molar-refractivity contribution in [2.75, 3.05) is 25.6 Å². The molecular weight excluding hydrogens is 226 g/mol. The summed E-state index contributed by atoms with van der Waals surface area (Å²) in [7, 11) is 3.58. The maximum atomic E-state index is 11.6. The molecule has 1 aromatic carbocycles. The monoisotopic (exact) mass is 239 g/mol. The third kappa shape index (κ3) is 1.87. The molecule has 0 atom stereocenters. The number of hydrogen-bond acceptors (Lipinski definition) is 3. The predicted molar refractivity (Wildman–Crippen MR) is 64.6 cm³/mol. The van der Waals surface area contributed by atoms with E-state index in [9.17, 15) is 4.79 Å². The van der Waals surface area contributed by atoms with Crippen molar-refractivity contribution in [2.24, 2.45) is 0 Å². The minimum absolute atomic E-state index is 0.223. The Morgan fingerprint density at radius 1 is 1.44 bits per heavy atom. The van der Waals surface area contributed by atoms with Gasteiger partial charge in [0.2, 0.25) is 0 Å². The molecule has 1 aliphatic heterocycles. The number of anilines is 1. The third-order valence-corrected chi connectivity index (χ3v) is 3.24. The van der Waals surface area contributed by atoms with Crippen LogP contribution in [0.5, 0.6) is 5.75 Å². The van der Waals surface area contributed by atoms with Gasteiger partial charge in [-0.3, -0.25) is 4.79 Å². The van der Waals surface area contributed by atoms with Crippen molar-refractivity contribution in [1.29, 1.82) is 0 Å². The molecule has 0 aromatic heterocycles. The number of hydrogen-bond donors (Lipinski definition) is 0. The van der Waals surface area contributed by atoms with Crippen molar-refractivity contribution in [3.8, 4) is 5.75 Å². The summed E-state index contributed by atoms with van der Waals surface area (Å²) in [5.41, 5.74) is 1.83. The Labute approximate surface area is 100.0 Å². The number of halogens is 1. The van der Waals surface area contributed by atoms with Crippen molar-refractivity contribution >= 4 is 23.1 Å². The highest BCUT2D eigenvalue weighted by Gasteiger charge is 2.22. The van der Waals surface area contributed by atoms with Crippen LogP contribution < -0.4 is 9.64 Å². The topological polar surface area (TPSA) is 29.5 Å². The van der Waals surface area contributed by atoms with Gasteiger partial charge in [0, 0.05) is 37.0 Å². The van der Waals surface area contributed by atoms with Gasteiger partial charge in [0.25, 0.3) is 0 Å². The number of ketones is 1. The molecule has 0 aliphatic carbocycles. The maximum Gasteiger partial charge on any atom is 0.142 e. The number of carbonyl (C=O) groups excluding carboxylic acids is 1. The van der Waals surface area contributed by atoms with E-state index < -0.39 is 0 Å². The van der Waals surface area contributed by atoms with Crippen LogP contribution in [0.4, 0.5) is 5.69 Å². The third-order valence-electron chi connectivity index (χ3n) is 2.89. The molecule has 0 amide bonds. The summed E-state index contributed by atoms with van der Waals surface area (Å²) in [6, 6.07) is 3.62. The van der Waals surface area contributed by atoms with Crippen LogP contribution in [0.2, 0.25) is 5.02 Å². The highest BCUT2D eigenvalue weighted by atomic mass is 35.5. The van der Waals surface area contributed by atoms with E-state index in [0.29, 0.717) is 24.4 Å². The van der Waals surface area contributed by atoms with Crippen LogP contribution in [-0.2, 0) is 11.2 Å². The summed E-state index contributed by atoms with van der Waals surface area (Å²) in [5.74, 6) is 0.998. The normalized spacial score (nSPS) is 15.7. The fourth-order valence-electron chi connectivity index (χ4n) is 2.03. The molecule has 0 spiro atoms. The number of methoxy groups -OCH3 is 1. The van der Waals surface area contributed by atoms with Crippen LogP contribution in [0, 0.1) is 0 Å². The molecule has 0 saturated carbocycles. The molecule has 0 radical (unpaired) electrons. The summed E-state index contributed by atoms with van der Waals surface area (Å²) in [5, 5.41) is 0.637. The zero-order valence-electron chi connectivity index (χ0n) is 9.42. The smallest absolute Gasteiger partial charge is 0.142 e. The van der Waals surface area contributed by atoms with Crippen molar-refractivity contribution in [2.45, 2.75) is 12.8 Å². The molecule has 86 valence electrons. The molecule has 1 aliphatic rings. The highest BCUT2D eigenvalue weighted by Crippen LogP contribution is 2.38. The first-order valence-electron chi connectivity index (χ1n) is 5.21. The van der Waals surface area contributed by atoms with Gasteiger partial charge in [0.15, 0.2) is 0 Å². The SMILES string of the molecule is COc1ccc(Cl)c2c1N(C)CCC(=O)C2. The number of Topliss-reactive ketones (excluding diaryl/α,β-unsaturated/α-hetero) is 1. The Hall–Kier alpha value is -1.22. The van der Waals surface area contributed by atoms with E-state index in [-0.39, 0.29) is 5.78 Å². The summed E-state index contributed by atoms with van der Waals surface area (Å²) in [6.07, 6.45) is 0.959. The molecule has 0 unspecified atom stereocenters. The molecule has 0 saturated heterocycles. The van der Waals surface area contributed by atoms with Gasteiger partial charge >= 0.3 is 0 Å². The fourth-order valence-corrected chi connectivity index (χ4v) is 2.25. The van der Waals surface area contributed by atoms with Crippen LogP contribution in [0.3, 0.4) is 0 Å². The second-order valence-corrected chi connectivity index (χ2v) is 4.37. The number of carbonyl (C=O) groups is 1. The van der Waals surface area contributed by atoms with Crippen LogP contribution in [0.15, 0.2) is 12.1 Å². The van der Waals surface area contributed by atoms with E-state index in [1.54, 1.807) is 13.2 Å². The zero-order valence-corrected chi connectivity index (χ0v) is 10.2. The molecule has 1 heterocycles. The molecule has 16 heavy (non-hydrogen) atoms.